The molecule has 5 rings (SSSR count). The Bertz CT molecular complexity index is 1180. The molecule has 208 valence electrons. The van der Waals surface area contributed by atoms with Crippen molar-refractivity contribution in [2.75, 3.05) is 57.3 Å². The van der Waals surface area contributed by atoms with Crippen LogP contribution in [0.25, 0.3) is 0 Å². The van der Waals surface area contributed by atoms with E-state index in [0.717, 1.165) is 56.0 Å². The third kappa shape index (κ3) is 6.30. The van der Waals surface area contributed by atoms with Gasteiger partial charge < -0.3 is 19.6 Å². The van der Waals surface area contributed by atoms with Crippen LogP contribution in [0.5, 0.6) is 0 Å². The Labute approximate surface area is 236 Å². The molecule has 7 nitrogen and oxygen atoms in total. The number of anilines is 1. The lowest BCUT2D eigenvalue weighted by molar-refractivity contribution is -0.133. The molecular formula is C31H39ClN4O3. The van der Waals surface area contributed by atoms with Crippen LogP contribution in [0.1, 0.15) is 42.1 Å². The number of carbonyl (C=O) groups is 3. The standard InChI is InChI=1S/C31H39ClN4O3/c1-22-9-10-28(17-29(22)32)36(31(39)25-11-15-34(16-12-25)23(2)37)14-6-13-33-18-26-20-35(21-27(26)19-33)30(38)24-7-4-3-5-8-24/h3-5,7-10,17,25-27H,6,11-16,18-21H2,1-2H3. The van der Waals surface area contributed by atoms with Crippen molar-refractivity contribution < 1.29 is 14.4 Å². The minimum Gasteiger partial charge on any atom is -0.343 e. The maximum absolute atomic E-state index is 13.7. The van der Waals surface area contributed by atoms with Crippen molar-refractivity contribution in [2.24, 2.45) is 17.8 Å². The van der Waals surface area contributed by atoms with E-state index in [1.54, 1.807) is 6.92 Å². The average Bonchev–Trinajstić information content (AvgIpc) is 3.52. The average molecular weight is 551 g/mol. The highest BCUT2D eigenvalue weighted by atomic mass is 35.5. The number of halogens is 1. The summed E-state index contributed by atoms with van der Waals surface area (Å²) in [5.74, 6) is 1.28. The highest BCUT2D eigenvalue weighted by molar-refractivity contribution is 6.31. The second-order valence-electron chi connectivity index (χ2n) is 11.4. The maximum atomic E-state index is 13.7. The van der Waals surface area contributed by atoms with E-state index in [9.17, 15) is 14.4 Å². The number of piperidine rings is 1. The van der Waals surface area contributed by atoms with Gasteiger partial charge in [0.15, 0.2) is 0 Å². The molecule has 3 aliphatic heterocycles. The van der Waals surface area contributed by atoms with E-state index >= 15 is 0 Å². The highest BCUT2D eigenvalue weighted by Gasteiger charge is 2.41. The topological polar surface area (TPSA) is 64.2 Å². The third-order valence-electron chi connectivity index (χ3n) is 8.75. The smallest absolute Gasteiger partial charge is 0.253 e. The van der Waals surface area contributed by atoms with Crippen LogP contribution >= 0.6 is 11.6 Å². The van der Waals surface area contributed by atoms with Gasteiger partial charge in [-0.3, -0.25) is 14.4 Å². The summed E-state index contributed by atoms with van der Waals surface area (Å²) in [5, 5.41) is 0.665. The summed E-state index contributed by atoms with van der Waals surface area (Å²) in [4.78, 5) is 46.6. The number of rotatable bonds is 7. The van der Waals surface area contributed by atoms with E-state index in [1.807, 2.05) is 70.2 Å². The summed E-state index contributed by atoms with van der Waals surface area (Å²) in [6.07, 6.45) is 2.26. The van der Waals surface area contributed by atoms with E-state index in [0.29, 0.717) is 49.3 Å². The zero-order valence-corrected chi connectivity index (χ0v) is 23.8. The van der Waals surface area contributed by atoms with Crippen LogP contribution in [-0.2, 0) is 9.59 Å². The number of aryl methyl sites for hydroxylation is 1. The van der Waals surface area contributed by atoms with E-state index in [-0.39, 0.29) is 23.6 Å². The number of nitrogens with zero attached hydrogens (tertiary/aromatic N) is 4. The zero-order chi connectivity index (χ0) is 27.5. The van der Waals surface area contributed by atoms with Gasteiger partial charge in [-0.05, 0) is 74.4 Å². The fourth-order valence-electron chi connectivity index (χ4n) is 6.43. The SMILES string of the molecule is CC(=O)N1CCC(C(=O)N(CCCN2CC3CN(C(=O)c4ccccc4)CC3C2)c2ccc(C)c(Cl)c2)CC1. The fourth-order valence-corrected chi connectivity index (χ4v) is 6.61. The van der Waals surface area contributed by atoms with Crippen molar-refractivity contribution in [3.05, 3.63) is 64.7 Å². The Morgan fingerprint density at radius 2 is 1.59 bits per heavy atom. The molecule has 3 saturated heterocycles. The molecule has 0 bridgehead atoms. The predicted molar refractivity (Wildman–Crippen MR) is 154 cm³/mol. The quantitative estimate of drug-likeness (QED) is 0.515. The van der Waals surface area contributed by atoms with Crippen molar-refractivity contribution >= 4 is 35.0 Å². The number of amides is 3. The molecule has 0 saturated carbocycles. The van der Waals surface area contributed by atoms with Gasteiger partial charge in [-0.1, -0.05) is 35.9 Å². The molecule has 3 fully saturated rings. The van der Waals surface area contributed by atoms with E-state index in [1.165, 1.54) is 0 Å². The molecule has 0 aliphatic carbocycles. The van der Waals surface area contributed by atoms with Crippen LogP contribution in [0.2, 0.25) is 5.02 Å². The first-order valence-electron chi connectivity index (χ1n) is 14.2. The first-order chi connectivity index (χ1) is 18.8. The Kier molecular flexibility index (Phi) is 8.57. The van der Waals surface area contributed by atoms with Gasteiger partial charge in [-0.25, -0.2) is 0 Å². The molecule has 3 amide bonds. The second-order valence-corrected chi connectivity index (χ2v) is 11.8. The van der Waals surface area contributed by atoms with Crippen LogP contribution in [0.4, 0.5) is 5.69 Å². The number of hydrogen-bond donors (Lipinski definition) is 0. The molecule has 3 aliphatic rings. The van der Waals surface area contributed by atoms with Gasteiger partial charge in [0, 0.05) is 74.9 Å². The van der Waals surface area contributed by atoms with E-state index in [4.69, 9.17) is 11.6 Å². The van der Waals surface area contributed by atoms with Gasteiger partial charge in [-0.2, -0.15) is 0 Å². The van der Waals surface area contributed by atoms with Crippen molar-refractivity contribution in [3.63, 3.8) is 0 Å². The Morgan fingerprint density at radius 3 is 2.21 bits per heavy atom. The van der Waals surface area contributed by atoms with Gasteiger partial charge in [-0.15, -0.1) is 0 Å². The van der Waals surface area contributed by atoms with E-state index in [2.05, 4.69) is 4.90 Å². The molecule has 0 spiro atoms. The van der Waals surface area contributed by atoms with Gasteiger partial charge in [0.2, 0.25) is 11.8 Å². The molecule has 2 atom stereocenters. The number of carbonyl (C=O) groups excluding carboxylic acids is 3. The fraction of sp³-hybridized carbons (Fsp3) is 0.516. The van der Waals surface area contributed by atoms with Gasteiger partial charge in [0.25, 0.3) is 5.91 Å². The number of benzene rings is 2. The maximum Gasteiger partial charge on any atom is 0.253 e. The molecule has 0 N–H and O–H groups in total. The second kappa shape index (κ2) is 12.1. The lowest BCUT2D eigenvalue weighted by Crippen LogP contribution is -2.44. The van der Waals surface area contributed by atoms with Gasteiger partial charge in [0.1, 0.15) is 0 Å². The predicted octanol–water partition coefficient (Wildman–Crippen LogP) is 4.33. The lowest BCUT2D eigenvalue weighted by atomic mass is 9.94. The number of fused-ring (bicyclic) bond motifs is 1. The number of hydrogen-bond acceptors (Lipinski definition) is 4. The van der Waals surface area contributed by atoms with E-state index < -0.39 is 0 Å². The first kappa shape index (κ1) is 27.7. The molecule has 0 aromatic heterocycles. The Morgan fingerprint density at radius 1 is 0.923 bits per heavy atom. The van der Waals surface area contributed by atoms with Crippen molar-refractivity contribution in [3.8, 4) is 0 Å². The first-order valence-corrected chi connectivity index (χ1v) is 14.6. The van der Waals surface area contributed by atoms with Crippen molar-refractivity contribution in [1.29, 1.82) is 0 Å². The highest BCUT2D eigenvalue weighted by Crippen LogP contribution is 2.32. The van der Waals surface area contributed by atoms with Crippen LogP contribution in [0.15, 0.2) is 48.5 Å². The minimum absolute atomic E-state index is 0.0750. The molecule has 2 aromatic carbocycles. The molecular weight excluding hydrogens is 512 g/mol. The van der Waals surface area contributed by atoms with Gasteiger partial charge >= 0.3 is 0 Å². The summed E-state index contributed by atoms with van der Waals surface area (Å²) in [7, 11) is 0. The molecule has 2 aromatic rings. The summed E-state index contributed by atoms with van der Waals surface area (Å²) < 4.78 is 0. The molecule has 0 radical (unpaired) electrons. The van der Waals surface area contributed by atoms with Crippen LogP contribution in [0.3, 0.4) is 0 Å². The van der Waals surface area contributed by atoms with Crippen molar-refractivity contribution in [2.45, 2.75) is 33.1 Å². The lowest BCUT2D eigenvalue weighted by Gasteiger charge is -2.34. The summed E-state index contributed by atoms with van der Waals surface area (Å²) in [6, 6.07) is 15.4. The largest absolute Gasteiger partial charge is 0.343 e. The monoisotopic (exact) mass is 550 g/mol. The van der Waals surface area contributed by atoms with Crippen LogP contribution < -0.4 is 4.90 Å². The number of likely N-dealkylation sites (tertiary alicyclic amines) is 3. The summed E-state index contributed by atoms with van der Waals surface area (Å²) in [5.41, 5.74) is 2.60. The molecule has 8 heteroatoms. The molecule has 3 heterocycles. The van der Waals surface area contributed by atoms with Crippen LogP contribution in [0, 0.1) is 24.7 Å². The van der Waals surface area contributed by atoms with Gasteiger partial charge in [0.05, 0.1) is 0 Å². The summed E-state index contributed by atoms with van der Waals surface area (Å²) >= 11 is 6.45. The normalized spacial score (nSPS) is 21.7. The zero-order valence-electron chi connectivity index (χ0n) is 23.0. The minimum atomic E-state index is -0.0834. The van der Waals surface area contributed by atoms with Crippen LogP contribution in [-0.4, -0.2) is 84.8 Å². The van der Waals surface area contributed by atoms with Crippen molar-refractivity contribution in [1.82, 2.24) is 14.7 Å². The Hall–Kier alpha value is -2.90. The molecule has 39 heavy (non-hydrogen) atoms. The Balaban J connectivity index is 1.16. The molecule has 2 unspecified atom stereocenters. The summed E-state index contributed by atoms with van der Waals surface area (Å²) in [6.45, 7) is 10.0. The third-order valence-corrected chi connectivity index (χ3v) is 9.16.